The van der Waals surface area contributed by atoms with E-state index in [9.17, 15) is 9.90 Å². The molecule has 0 atom stereocenters. The summed E-state index contributed by atoms with van der Waals surface area (Å²) in [5.74, 6) is -0.430. The van der Waals surface area contributed by atoms with Gasteiger partial charge in [-0.2, -0.15) is 0 Å². The second kappa shape index (κ2) is 4.88. The van der Waals surface area contributed by atoms with Gasteiger partial charge in [-0.1, -0.05) is 6.07 Å². The third-order valence-corrected chi connectivity index (χ3v) is 3.26. The summed E-state index contributed by atoms with van der Waals surface area (Å²) in [6, 6.07) is 1.82. The highest BCUT2D eigenvalue weighted by Crippen LogP contribution is 2.38. The number of aromatic hydroxyl groups is 1. The topological polar surface area (TPSA) is 66.8 Å². The van der Waals surface area contributed by atoms with Crippen molar-refractivity contribution in [3.8, 4) is 11.5 Å². The highest BCUT2D eigenvalue weighted by Gasteiger charge is 2.29. The van der Waals surface area contributed by atoms with Crippen LogP contribution in [-0.4, -0.2) is 23.3 Å². The summed E-state index contributed by atoms with van der Waals surface area (Å²) in [6.07, 6.45) is 0.256. The van der Waals surface area contributed by atoms with Crippen molar-refractivity contribution >= 4 is 5.97 Å². The molecule has 0 radical (unpaired) electrons. The predicted molar refractivity (Wildman–Crippen MR) is 69.3 cm³/mol. The molecule has 2 N–H and O–H groups in total. The lowest BCUT2D eigenvalue weighted by atomic mass is 9.84. The van der Waals surface area contributed by atoms with Crippen LogP contribution in [0.4, 0.5) is 0 Å². The molecule has 0 spiro atoms. The lowest BCUT2D eigenvalue weighted by Gasteiger charge is -2.21. The van der Waals surface area contributed by atoms with E-state index in [2.05, 4.69) is 0 Å². The van der Waals surface area contributed by atoms with Gasteiger partial charge in [-0.3, -0.25) is 4.79 Å². The Hall–Kier alpha value is -1.71. The molecule has 0 heterocycles. The van der Waals surface area contributed by atoms with Crippen LogP contribution in [0.1, 0.15) is 30.5 Å². The highest BCUT2D eigenvalue weighted by atomic mass is 16.5. The molecule has 0 unspecified atom stereocenters. The maximum Gasteiger partial charge on any atom is 0.309 e. The summed E-state index contributed by atoms with van der Waals surface area (Å²) in [7, 11) is 1.49. The molecule has 0 aromatic heterocycles. The van der Waals surface area contributed by atoms with Gasteiger partial charge in [-0.05, 0) is 50.8 Å². The van der Waals surface area contributed by atoms with Crippen LogP contribution in [0.15, 0.2) is 6.07 Å². The van der Waals surface area contributed by atoms with E-state index in [1.807, 2.05) is 19.9 Å². The molecule has 0 amide bonds. The van der Waals surface area contributed by atoms with Gasteiger partial charge in [0, 0.05) is 0 Å². The molecule has 0 saturated heterocycles. The molecule has 0 aliphatic heterocycles. The van der Waals surface area contributed by atoms with Crippen molar-refractivity contribution in [3.05, 3.63) is 22.8 Å². The average molecular weight is 252 g/mol. The maximum atomic E-state index is 11.1. The van der Waals surface area contributed by atoms with E-state index in [0.29, 0.717) is 11.3 Å². The Morgan fingerprint density at radius 1 is 1.39 bits per heavy atom. The molecule has 100 valence electrons. The number of aryl methyl sites for hydroxylation is 1. The van der Waals surface area contributed by atoms with Gasteiger partial charge < -0.3 is 14.9 Å². The second-order valence-corrected chi connectivity index (χ2v) is 5.23. The van der Waals surface area contributed by atoms with E-state index in [1.165, 1.54) is 7.11 Å². The SMILES string of the molecule is COc1c(C)c(C)cc(CC(C)(C)C(=O)O)c1O. The summed E-state index contributed by atoms with van der Waals surface area (Å²) in [5, 5.41) is 19.3. The number of ether oxygens (including phenoxy) is 1. The van der Waals surface area contributed by atoms with Crippen molar-refractivity contribution in [3.63, 3.8) is 0 Å². The molecule has 1 rings (SSSR count). The standard InChI is InChI=1S/C14H20O4/c1-8-6-10(7-14(3,4)13(16)17)11(15)12(18-5)9(8)2/h6,15H,7H2,1-5H3,(H,16,17). The van der Waals surface area contributed by atoms with Gasteiger partial charge in [0.1, 0.15) is 0 Å². The molecule has 0 bridgehead atoms. The highest BCUT2D eigenvalue weighted by molar-refractivity contribution is 5.74. The molecule has 0 saturated carbocycles. The average Bonchev–Trinajstić information content (AvgIpc) is 2.26. The number of carboxylic acids is 1. The Morgan fingerprint density at radius 3 is 2.39 bits per heavy atom. The number of phenolic OH excluding ortho intramolecular Hbond substituents is 1. The Morgan fingerprint density at radius 2 is 1.94 bits per heavy atom. The van der Waals surface area contributed by atoms with Crippen molar-refractivity contribution in [2.75, 3.05) is 7.11 Å². The number of aliphatic carboxylic acids is 1. The first-order valence-electron chi connectivity index (χ1n) is 5.80. The molecular formula is C14H20O4. The fourth-order valence-electron chi connectivity index (χ4n) is 1.88. The van der Waals surface area contributed by atoms with Gasteiger partial charge in [0.25, 0.3) is 0 Å². The van der Waals surface area contributed by atoms with Crippen LogP contribution >= 0.6 is 0 Å². The molecule has 4 heteroatoms. The van der Waals surface area contributed by atoms with Crippen LogP contribution < -0.4 is 4.74 Å². The third kappa shape index (κ3) is 2.58. The van der Waals surface area contributed by atoms with E-state index in [1.54, 1.807) is 13.8 Å². The summed E-state index contributed by atoms with van der Waals surface area (Å²) in [6.45, 7) is 7.04. The first kappa shape index (κ1) is 14.4. The van der Waals surface area contributed by atoms with E-state index in [4.69, 9.17) is 9.84 Å². The van der Waals surface area contributed by atoms with Crippen LogP contribution in [0.25, 0.3) is 0 Å². The Bertz CT molecular complexity index is 475. The zero-order chi connectivity index (χ0) is 14.1. The third-order valence-electron chi connectivity index (χ3n) is 3.26. The number of rotatable bonds is 4. The molecule has 1 aromatic carbocycles. The minimum atomic E-state index is -0.926. The van der Waals surface area contributed by atoms with Crippen LogP contribution in [0.3, 0.4) is 0 Å². The number of carbonyl (C=O) groups is 1. The lowest BCUT2D eigenvalue weighted by Crippen LogP contribution is -2.26. The number of benzene rings is 1. The van der Waals surface area contributed by atoms with E-state index in [0.717, 1.165) is 11.1 Å². The lowest BCUT2D eigenvalue weighted by molar-refractivity contribution is -0.146. The summed E-state index contributed by atoms with van der Waals surface area (Å²) >= 11 is 0. The Labute approximate surface area is 107 Å². The van der Waals surface area contributed by atoms with Crippen molar-refractivity contribution < 1.29 is 19.7 Å². The van der Waals surface area contributed by atoms with Gasteiger partial charge in [-0.25, -0.2) is 0 Å². The van der Waals surface area contributed by atoms with Crippen molar-refractivity contribution in [1.29, 1.82) is 0 Å². The zero-order valence-corrected chi connectivity index (χ0v) is 11.5. The maximum absolute atomic E-state index is 11.1. The zero-order valence-electron chi connectivity index (χ0n) is 11.5. The van der Waals surface area contributed by atoms with Gasteiger partial charge in [0.15, 0.2) is 11.5 Å². The van der Waals surface area contributed by atoms with Crippen LogP contribution in [-0.2, 0) is 11.2 Å². The first-order valence-corrected chi connectivity index (χ1v) is 5.80. The number of hydrogen-bond donors (Lipinski definition) is 2. The fraction of sp³-hybridized carbons (Fsp3) is 0.500. The van der Waals surface area contributed by atoms with Crippen molar-refractivity contribution in [1.82, 2.24) is 0 Å². The Kier molecular flexibility index (Phi) is 3.89. The molecular weight excluding hydrogens is 232 g/mol. The monoisotopic (exact) mass is 252 g/mol. The van der Waals surface area contributed by atoms with Crippen LogP contribution in [0.5, 0.6) is 11.5 Å². The van der Waals surface area contributed by atoms with Crippen LogP contribution in [0, 0.1) is 19.3 Å². The van der Waals surface area contributed by atoms with Gasteiger partial charge in [0.2, 0.25) is 0 Å². The van der Waals surface area contributed by atoms with Crippen molar-refractivity contribution in [2.24, 2.45) is 5.41 Å². The largest absolute Gasteiger partial charge is 0.504 e. The summed E-state index contributed by atoms with van der Waals surface area (Å²) in [5.41, 5.74) is 1.51. The summed E-state index contributed by atoms with van der Waals surface area (Å²) in [4.78, 5) is 11.1. The minimum Gasteiger partial charge on any atom is -0.504 e. The molecule has 4 nitrogen and oxygen atoms in total. The molecule has 0 aliphatic carbocycles. The number of hydrogen-bond acceptors (Lipinski definition) is 3. The van der Waals surface area contributed by atoms with Gasteiger partial charge in [-0.15, -0.1) is 0 Å². The molecule has 1 aromatic rings. The van der Waals surface area contributed by atoms with Crippen molar-refractivity contribution in [2.45, 2.75) is 34.1 Å². The number of phenols is 1. The fourth-order valence-corrected chi connectivity index (χ4v) is 1.88. The van der Waals surface area contributed by atoms with Gasteiger partial charge >= 0.3 is 5.97 Å². The number of carboxylic acid groups (broad SMARTS) is 1. The van der Waals surface area contributed by atoms with E-state index in [-0.39, 0.29) is 12.2 Å². The summed E-state index contributed by atoms with van der Waals surface area (Å²) < 4.78 is 5.17. The Balaban J connectivity index is 3.27. The first-order chi connectivity index (χ1) is 8.20. The second-order valence-electron chi connectivity index (χ2n) is 5.23. The van der Waals surface area contributed by atoms with Gasteiger partial charge in [0.05, 0.1) is 12.5 Å². The van der Waals surface area contributed by atoms with E-state index < -0.39 is 11.4 Å². The smallest absolute Gasteiger partial charge is 0.309 e. The quantitative estimate of drug-likeness (QED) is 0.864. The molecule has 0 aliphatic rings. The molecule has 0 fully saturated rings. The number of methoxy groups -OCH3 is 1. The molecule has 18 heavy (non-hydrogen) atoms. The normalized spacial score (nSPS) is 11.4. The van der Waals surface area contributed by atoms with Crippen LogP contribution in [0.2, 0.25) is 0 Å². The minimum absolute atomic E-state index is 0.0370. The van der Waals surface area contributed by atoms with E-state index >= 15 is 0 Å². The predicted octanol–water partition coefficient (Wildman–Crippen LogP) is 2.67.